The maximum absolute atomic E-state index is 2.33. The molecule has 0 bridgehead atoms. The van der Waals surface area contributed by atoms with Crippen LogP contribution in [0.5, 0.6) is 0 Å². The molecule has 0 atom stereocenters. The highest BCUT2D eigenvalue weighted by Crippen LogP contribution is 2.29. The van der Waals surface area contributed by atoms with Gasteiger partial charge in [-0.2, -0.15) is 0 Å². The summed E-state index contributed by atoms with van der Waals surface area (Å²) < 4.78 is 2.33. The second-order valence-electron chi connectivity index (χ2n) is 5.27. The minimum Gasteiger partial charge on any atom is -0.344 e. The largest absolute Gasteiger partial charge is 0.344 e. The van der Waals surface area contributed by atoms with Crippen molar-refractivity contribution in [3.63, 3.8) is 0 Å². The van der Waals surface area contributed by atoms with Crippen molar-refractivity contribution in [2.75, 3.05) is 0 Å². The normalized spacial score (nSPS) is 15.1. The second kappa shape index (κ2) is 3.26. The molecule has 4 rings (SSSR count). The number of hydrogen-bond donors (Lipinski definition) is 0. The van der Waals surface area contributed by atoms with Crippen molar-refractivity contribution in [1.82, 2.24) is 4.57 Å². The van der Waals surface area contributed by atoms with Gasteiger partial charge >= 0.3 is 0 Å². The van der Waals surface area contributed by atoms with Gasteiger partial charge in [-0.1, -0.05) is 35.9 Å². The summed E-state index contributed by atoms with van der Waals surface area (Å²) in [5, 5.41) is 2.73. The smallest absolute Gasteiger partial charge is 0.0498 e. The predicted octanol–water partition coefficient (Wildman–Crippen LogP) is 2.12. The maximum Gasteiger partial charge on any atom is 0.0498 e. The quantitative estimate of drug-likeness (QED) is 0.560. The van der Waals surface area contributed by atoms with E-state index in [4.69, 9.17) is 0 Å². The highest BCUT2D eigenvalue weighted by molar-refractivity contribution is 5.85. The van der Waals surface area contributed by atoms with Crippen LogP contribution in [-0.4, -0.2) is 4.57 Å². The third kappa shape index (κ3) is 1.11. The van der Waals surface area contributed by atoms with Crippen LogP contribution in [0.3, 0.4) is 0 Å². The minimum absolute atomic E-state index is 1.08. The lowest BCUT2D eigenvalue weighted by atomic mass is 9.96. The molecule has 0 saturated carbocycles. The van der Waals surface area contributed by atoms with Crippen LogP contribution in [0.2, 0.25) is 0 Å². The van der Waals surface area contributed by atoms with Crippen LogP contribution in [0.4, 0.5) is 0 Å². The van der Waals surface area contributed by atoms with Crippen LogP contribution in [-0.2, 0) is 13.5 Å². The van der Waals surface area contributed by atoms with Gasteiger partial charge in [0, 0.05) is 23.3 Å². The Morgan fingerprint density at radius 2 is 1.89 bits per heavy atom. The van der Waals surface area contributed by atoms with Gasteiger partial charge in [0.2, 0.25) is 0 Å². The molecule has 0 aliphatic heterocycles. The van der Waals surface area contributed by atoms with Gasteiger partial charge in [0.1, 0.15) is 0 Å². The van der Waals surface area contributed by atoms with Gasteiger partial charge in [0.15, 0.2) is 0 Å². The summed E-state index contributed by atoms with van der Waals surface area (Å²) in [4.78, 5) is 0. The van der Waals surface area contributed by atoms with E-state index in [2.05, 4.69) is 61.0 Å². The van der Waals surface area contributed by atoms with Gasteiger partial charge in [0.25, 0.3) is 0 Å². The fraction of sp³-hybridized carbons (Fsp3) is 0.176. The molecule has 2 aromatic rings. The number of allylic oxidation sites excluding steroid dienone is 2. The van der Waals surface area contributed by atoms with Crippen LogP contribution in [0.1, 0.15) is 18.1 Å². The van der Waals surface area contributed by atoms with E-state index in [9.17, 15) is 0 Å². The standard InChI is InChI=1S/C17H15N/c1-11-7-8-15-14(9-11)17-13-6-4-3-5-12(13)10-16(17)18(15)2/h3-8,10H,9H2,1-2H3. The van der Waals surface area contributed by atoms with E-state index >= 15 is 0 Å². The van der Waals surface area contributed by atoms with Crippen molar-refractivity contribution >= 4 is 12.2 Å². The number of rotatable bonds is 0. The average Bonchev–Trinajstić information content (AvgIpc) is 2.87. The molecule has 1 aromatic heterocycles. The Morgan fingerprint density at radius 3 is 2.78 bits per heavy atom. The summed E-state index contributed by atoms with van der Waals surface area (Å²) in [6.45, 7) is 2.21. The van der Waals surface area contributed by atoms with E-state index in [0.717, 1.165) is 6.42 Å². The number of fused-ring (bicyclic) bond motifs is 5. The number of benzene rings is 1. The average molecular weight is 233 g/mol. The molecular weight excluding hydrogens is 218 g/mol. The molecule has 1 aromatic carbocycles. The van der Waals surface area contributed by atoms with Crippen LogP contribution in [0, 0.1) is 0 Å². The first kappa shape index (κ1) is 9.95. The molecule has 18 heavy (non-hydrogen) atoms. The lowest BCUT2D eigenvalue weighted by Crippen LogP contribution is -2.24. The Labute approximate surface area is 106 Å². The van der Waals surface area contributed by atoms with Crippen molar-refractivity contribution < 1.29 is 0 Å². The second-order valence-corrected chi connectivity index (χ2v) is 5.27. The topological polar surface area (TPSA) is 4.93 Å². The Balaban J connectivity index is 2.15. The van der Waals surface area contributed by atoms with Gasteiger partial charge in [-0.05, 0) is 42.2 Å². The summed E-state index contributed by atoms with van der Waals surface area (Å²) in [5.74, 6) is 0. The van der Waals surface area contributed by atoms with Crippen molar-refractivity contribution in [2.24, 2.45) is 7.05 Å². The molecule has 0 spiro atoms. The van der Waals surface area contributed by atoms with Crippen LogP contribution < -0.4 is 10.7 Å². The summed E-state index contributed by atoms with van der Waals surface area (Å²) in [5.41, 5.74) is 7.14. The summed E-state index contributed by atoms with van der Waals surface area (Å²) in [6.07, 6.45) is 7.88. The maximum atomic E-state index is 2.33. The van der Waals surface area contributed by atoms with E-state index in [1.165, 1.54) is 38.5 Å². The molecule has 0 saturated heterocycles. The molecule has 0 amide bonds. The minimum atomic E-state index is 1.08. The molecule has 1 nitrogen and oxygen atoms in total. The van der Waals surface area contributed by atoms with E-state index in [1.54, 1.807) is 0 Å². The third-order valence-corrected chi connectivity index (χ3v) is 4.09. The number of aromatic nitrogens is 1. The lowest BCUT2D eigenvalue weighted by molar-refractivity contribution is 0.851. The first-order valence-electron chi connectivity index (χ1n) is 6.42. The van der Waals surface area contributed by atoms with Gasteiger partial charge < -0.3 is 4.57 Å². The Kier molecular flexibility index (Phi) is 1.80. The van der Waals surface area contributed by atoms with Crippen molar-refractivity contribution in [1.29, 1.82) is 0 Å². The van der Waals surface area contributed by atoms with Gasteiger partial charge in [0.05, 0.1) is 0 Å². The fourth-order valence-corrected chi connectivity index (χ4v) is 3.20. The highest BCUT2D eigenvalue weighted by atomic mass is 14.9. The Bertz CT molecular complexity index is 816. The molecule has 1 heterocycles. The van der Waals surface area contributed by atoms with Gasteiger partial charge in [-0.15, -0.1) is 0 Å². The molecule has 0 fully saturated rings. The molecular formula is C17H15N. The molecule has 2 aliphatic carbocycles. The summed E-state index contributed by atoms with van der Waals surface area (Å²) in [6, 6.07) is 8.70. The zero-order chi connectivity index (χ0) is 12.3. The zero-order valence-corrected chi connectivity index (χ0v) is 10.7. The first-order chi connectivity index (χ1) is 8.75. The van der Waals surface area contributed by atoms with Crippen LogP contribution in [0.25, 0.3) is 23.3 Å². The molecule has 1 heteroatoms. The summed E-state index contributed by atoms with van der Waals surface area (Å²) >= 11 is 0. The van der Waals surface area contributed by atoms with Crippen LogP contribution in [0.15, 0.2) is 35.9 Å². The Hall–Kier alpha value is -2.02. The highest BCUT2D eigenvalue weighted by Gasteiger charge is 2.21. The molecule has 0 radical (unpaired) electrons. The van der Waals surface area contributed by atoms with Crippen molar-refractivity contribution in [2.45, 2.75) is 13.3 Å². The predicted molar refractivity (Wildman–Crippen MR) is 75.6 cm³/mol. The van der Waals surface area contributed by atoms with E-state index < -0.39 is 0 Å². The lowest BCUT2D eigenvalue weighted by Gasteiger charge is -2.08. The van der Waals surface area contributed by atoms with E-state index in [-0.39, 0.29) is 0 Å². The number of nitrogens with zero attached hydrogens (tertiary/aromatic N) is 1. The zero-order valence-electron chi connectivity index (χ0n) is 10.7. The van der Waals surface area contributed by atoms with E-state index in [1.807, 2.05) is 0 Å². The SMILES string of the molecule is CC1=CC=c2c(c3c(n2C)=Cc2ccccc2-3)C1. The van der Waals surface area contributed by atoms with Crippen LogP contribution >= 0.6 is 0 Å². The number of hydrogen-bond acceptors (Lipinski definition) is 0. The third-order valence-electron chi connectivity index (χ3n) is 4.09. The molecule has 0 unspecified atom stereocenters. The Morgan fingerprint density at radius 1 is 1.06 bits per heavy atom. The van der Waals surface area contributed by atoms with E-state index in [0.29, 0.717) is 0 Å². The molecule has 2 aliphatic rings. The summed E-state index contributed by atoms with van der Waals surface area (Å²) in [7, 11) is 2.17. The van der Waals surface area contributed by atoms with Gasteiger partial charge in [-0.3, -0.25) is 0 Å². The van der Waals surface area contributed by atoms with Crippen molar-refractivity contribution in [3.8, 4) is 11.1 Å². The molecule has 0 N–H and O–H groups in total. The van der Waals surface area contributed by atoms with Gasteiger partial charge in [-0.25, -0.2) is 0 Å². The fourth-order valence-electron chi connectivity index (χ4n) is 3.20. The molecule has 88 valence electrons. The monoisotopic (exact) mass is 233 g/mol. The van der Waals surface area contributed by atoms with Crippen molar-refractivity contribution in [3.05, 3.63) is 57.7 Å². The first-order valence-corrected chi connectivity index (χ1v) is 6.42.